The number of rotatable bonds is 4. The lowest BCUT2D eigenvalue weighted by atomic mass is 9.93. The lowest BCUT2D eigenvalue weighted by molar-refractivity contribution is -0.117. The number of anilines is 1. The van der Waals surface area contributed by atoms with Crippen LogP contribution in [-0.4, -0.2) is 17.1 Å². The summed E-state index contributed by atoms with van der Waals surface area (Å²) in [7, 11) is 0. The van der Waals surface area contributed by atoms with E-state index in [1.807, 2.05) is 6.92 Å². The second-order valence-electron chi connectivity index (χ2n) is 5.84. The Bertz CT molecular complexity index is 489. The smallest absolute Gasteiger partial charge is 0.228 e. The Hall–Kier alpha value is -0.870. The van der Waals surface area contributed by atoms with Crippen molar-refractivity contribution in [3.63, 3.8) is 0 Å². The minimum Gasteiger partial charge on any atom is -0.393 e. The van der Waals surface area contributed by atoms with Gasteiger partial charge in [-0.15, -0.1) is 11.3 Å². The quantitative estimate of drug-likeness (QED) is 0.890. The van der Waals surface area contributed by atoms with Crippen molar-refractivity contribution >= 4 is 22.2 Å². The zero-order valence-corrected chi connectivity index (χ0v) is 12.2. The minimum absolute atomic E-state index is 0.172. The molecule has 2 aliphatic rings. The number of carbonyl (C=O) groups is 1. The van der Waals surface area contributed by atoms with Crippen LogP contribution in [0.1, 0.15) is 48.6 Å². The first-order valence-electron chi connectivity index (χ1n) is 7.27. The highest BCUT2D eigenvalue weighted by molar-refractivity contribution is 7.16. The maximum Gasteiger partial charge on any atom is 0.228 e. The fraction of sp³-hybridized carbons (Fsp3) is 0.667. The van der Waals surface area contributed by atoms with Gasteiger partial charge < -0.3 is 10.4 Å². The van der Waals surface area contributed by atoms with Crippen LogP contribution in [0.3, 0.4) is 0 Å². The number of hydrogen-bond donors (Lipinski definition) is 2. The standard InChI is InChI=1S/C15H21NO2S/c1-9(17)8-12-11-4-2-3-5-13(11)19-15(12)16-14(18)10-6-7-10/h9-10,17H,2-8H2,1H3,(H,16,18). The Morgan fingerprint density at radius 1 is 1.42 bits per heavy atom. The molecule has 3 nitrogen and oxygen atoms in total. The second-order valence-corrected chi connectivity index (χ2v) is 6.94. The molecule has 1 unspecified atom stereocenters. The number of aliphatic hydroxyl groups is 1. The largest absolute Gasteiger partial charge is 0.393 e. The van der Waals surface area contributed by atoms with Gasteiger partial charge in [0.25, 0.3) is 0 Å². The van der Waals surface area contributed by atoms with Gasteiger partial charge in [-0.1, -0.05) is 0 Å². The van der Waals surface area contributed by atoms with E-state index in [-0.39, 0.29) is 17.9 Å². The summed E-state index contributed by atoms with van der Waals surface area (Å²) in [6.45, 7) is 1.82. The highest BCUT2D eigenvalue weighted by Gasteiger charge is 2.31. The van der Waals surface area contributed by atoms with Crippen molar-refractivity contribution in [2.45, 2.75) is 58.0 Å². The Labute approximate surface area is 118 Å². The molecule has 0 radical (unpaired) electrons. The normalized spacial score (nSPS) is 19.9. The fourth-order valence-electron chi connectivity index (χ4n) is 2.80. The van der Waals surface area contributed by atoms with E-state index in [1.165, 1.54) is 28.8 Å². The van der Waals surface area contributed by atoms with Crippen molar-refractivity contribution in [1.29, 1.82) is 0 Å². The zero-order valence-electron chi connectivity index (χ0n) is 11.4. The number of nitrogens with one attached hydrogen (secondary N) is 1. The highest BCUT2D eigenvalue weighted by atomic mass is 32.1. The summed E-state index contributed by atoms with van der Waals surface area (Å²) in [6.07, 6.45) is 7.08. The van der Waals surface area contributed by atoms with E-state index >= 15 is 0 Å². The summed E-state index contributed by atoms with van der Waals surface area (Å²) in [5.74, 6) is 0.406. The Balaban J connectivity index is 1.87. The Morgan fingerprint density at radius 3 is 2.84 bits per heavy atom. The van der Waals surface area contributed by atoms with Gasteiger partial charge >= 0.3 is 0 Å². The molecular formula is C15H21NO2S. The maximum atomic E-state index is 12.0. The Kier molecular flexibility index (Phi) is 3.63. The number of hydrogen-bond acceptors (Lipinski definition) is 3. The molecule has 0 spiro atoms. The van der Waals surface area contributed by atoms with Crippen LogP contribution in [0.2, 0.25) is 0 Å². The Morgan fingerprint density at radius 2 is 2.16 bits per heavy atom. The first kappa shape index (κ1) is 13.1. The average molecular weight is 279 g/mol. The van der Waals surface area contributed by atoms with Crippen molar-refractivity contribution in [1.82, 2.24) is 0 Å². The third-order valence-corrected chi connectivity index (χ3v) is 5.21. The molecule has 1 saturated carbocycles. The minimum atomic E-state index is -0.350. The molecule has 1 fully saturated rings. The van der Waals surface area contributed by atoms with E-state index in [1.54, 1.807) is 11.3 Å². The first-order valence-corrected chi connectivity index (χ1v) is 8.09. The van der Waals surface area contributed by atoms with Gasteiger partial charge in [-0.25, -0.2) is 0 Å². The van der Waals surface area contributed by atoms with Gasteiger partial charge in [0.15, 0.2) is 0 Å². The van der Waals surface area contributed by atoms with Crippen molar-refractivity contribution in [3.8, 4) is 0 Å². The fourth-order valence-corrected chi connectivity index (χ4v) is 4.13. The zero-order chi connectivity index (χ0) is 13.4. The first-order chi connectivity index (χ1) is 9.15. The van der Waals surface area contributed by atoms with Gasteiger partial charge in [0.05, 0.1) is 11.1 Å². The summed E-state index contributed by atoms with van der Waals surface area (Å²) in [6, 6.07) is 0. The highest BCUT2D eigenvalue weighted by Crippen LogP contribution is 2.40. The molecule has 104 valence electrons. The molecule has 0 bridgehead atoms. The molecule has 0 aliphatic heterocycles. The molecule has 2 aliphatic carbocycles. The molecule has 0 aromatic carbocycles. The third kappa shape index (κ3) is 2.84. The maximum absolute atomic E-state index is 12.0. The molecule has 1 heterocycles. The summed E-state index contributed by atoms with van der Waals surface area (Å²) in [4.78, 5) is 13.4. The number of thiophene rings is 1. The molecule has 2 N–H and O–H groups in total. The van der Waals surface area contributed by atoms with Crippen molar-refractivity contribution in [2.24, 2.45) is 5.92 Å². The van der Waals surface area contributed by atoms with Crippen LogP contribution >= 0.6 is 11.3 Å². The number of fused-ring (bicyclic) bond motifs is 1. The van der Waals surface area contributed by atoms with E-state index in [0.717, 1.165) is 30.7 Å². The van der Waals surface area contributed by atoms with Crippen LogP contribution in [0.25, 0.3) is 0 Å². The van der Waals surface area contributed by atoms with Gasteiger partial charge in [-0.3, -0.25) is 4.79 Å². The summed E-state index contributed by atoms with van der Waals surface area (Å²) in [5.41, 5.74) is 2.60. The van der Waals surface area contributed by atoms with Crippen LogP contribution in [-0.2, 0) is 24.1 Å². The molecule has 1 amide bonds. The number of amides is 1. The van der Waals surface area contributed by atoms with Gasteiger partial charge in [-0.05, 0) is 56.6 Å². The van der Waals surface area contributed by atoms with Gasteiger partial charge in [0.1, 0.15) is 0 Å². The number of carbonyl (C=O) groups excluding carboxylic acids is 1. The van der Waals surface area contributed by atoms with Crippen LogP contribution in [0, 0.1) is 5.92 Å². The van der Waals surface area contributed by atoms with Crippen LogP contribution in [0.15, 0.2) is 0 Å². The summed E-state index contributed by atoms with van der Waals surface area (Å²) >= 11 is 1.73. The SMILES string of the molecule is CC(O)Cc1c(NC(=O)C2CC2)sc2c1CCCC2. The number of aliphatic hydroxyl groups excluding tert-OH is 1. The van der Waals surface area contributed by atoms with E-state index in [4.69, 9.17) is 0 Å². The lowest BCUT2D eigenvalue weighted by Gasteiger charge is -2.14. The lowest BCUT2D eigenvalue weighted by Crippen LogP contribution is -2.15. The van der Waals surface area contributed by atoms with E-state index in [0.29, 0.717) is 6.42 Å². The van der Waals surface area contributed by atoms with Gasteiger partial charge in [-0.2, -0.15) is 0 Å². The second kappa shape index (κ2) is 5.25. The summed E-state index contributed by atoms with van der Waals surface area (Å²) < 4.78 is 0. The van der Waals surface area contributed by atoms with Crippen LogP contribution < -0.4 is 5.32 Å². The molecule has 1 atom stereocenters. The van der Waals surface area contributed by atoms with Crippen LogP contribution in [0.5, 0.6) is 0 Å². The molecule has 3 rings (SSSR count). The van der Waals surface area contributed by atoms with E-state index < -0.39 is 0 Å². The third-order valence-electron chi connectivity index (χ3n) is 3.97. The monoisotopic (exact) mass is 279 g/mol. The molecule has 4 heteroatoms. The molecule has 19 heavy (non-hydrogen) atoms. The predicted molar refractivity (Wildman–Crippen MR) is 77.7 cm³/mol. The molecule has 0 saturated heterocycles. The topological polar surface area (TPSA) is 49.3 Å². The molecular weight excluding hydrogens is 258 g/mol. The van der Waals surface area contributed by atoms with Gasteiger partial charge in [0, 0.05) is 17.2 Å². The van der Waals surface area contributed by atoms with Crippen molar-refractivity contribution in [2.75, 3.05) is 5.32 Å². The van der Waals surface area contributed by atoms with Crippen molar-refractivity contribution < 1.29 is 9.90 Å². The molecule has 1 aromatic heterocycles. The van der Waals surface area contributed by atoms with Crippen molar-refractivity contribution in [3.05, 3.63) is 16.0 Å². The summed E-state index contributed by atoms with van der Waals surface area (Å²) in [5, 5.41) is 13.8. The van der Waals surface area contributed by atoms with Gasteiger partial charge in [0.2, 0.25) is 5.91 Å². The number of aryl methyl sites for hydroxylation is 1. The predicted octanol–water partition coefficient (Wildman–Crippen LogP) is 2.90. The molecule has 1 aromatic rings. The van der Waals surface area contributed by atoms with Crippen LogP contribution in [0.4, 0.5) is 5.00 Å². The van der Waals surface area contributed by atoms with E-state index in [9.17, 15) is 9.90 Å². The van der Waals surface area contributed by atoms with E-state index in [2.05, 4.69) is 5.32 Å². The average Bonchev–Trinajstić information content (AvgIpc) is 3.16.